The molecule has 0 fully saturated rings. The van der Waals surface area contributed by atoms with E-state index < -0.39 is 5.91 Å². The standard InChI is InChI=1S/C12H16ClN3O2/c1-2-15-6-5-11(17)16-8-3-4-10(13)9(7-8)12(14)18/h3-4,7,15H,2,5-6H2,1H3,(H2,14,18)(H,16,17). The van der Waals surface area contributed by atoms with Crippen molar-refractivity contribution in [1.82, 2.24) is 5.32 Å². The number of hydrogen-bond acceptors (Lipinski definition) is 3. The number of carbonyl (C=O) groups excluding carboxylic acids is 2. The Morgan fingerprint density at radius 1 is 1.39 bits per heavy atom. The van der Waals surface area contributed by atoms with E-state index in [-0.39, 0.29) is 16.5 Å². The van der Waals surface area contributed by atoms with Gasteiger partial charge in [0.1, 0.15) is 0 Å². The van der Waals surface area contributed by atoms with Gasteiger partial charge < -0.3 is 16.4 Å². The summed E-state index contributed by atoms with van der Waals surface area (Å²) in [5.74, 6) is -0.752. The SMILES string of the molecule is CCNCCC(=O)Nc1ccc(Cl)c(C(N)=O)c1. The Bertz CT molecular complexity index is 449. The zero-order valence-electron chi connectivity index (χ0n) is 10.1. The summed E-state index contributed by atoms with van der Waals surface area (Å²) >= 11 is 5.81. The van der Waals surface area contributed by atoms with Gasteiger partial charge in [-0.2, -0.15) is 0 Å². The highest BCUT2D eigenvalue weighted by atomic mass is 35.5. The molecule has 5 nitrogen and oxygen atoms in total. The number of anilines is 1. The summed E-state index contributed by atoms with van der Waals surface area (Å²) < 4.78 is 0. The molecule has 0 unspecified atom stereocenters. The first-order valence-corrected chi connectivity index (χ1v) is 6.02. The fraction of sp³-hybridized carbons (Fsp3) is 0.333. The van der Waals surface area contributed by atoms with Crippen molar-refractivity contribution < 1.29 is 9.59 Å². The summed E-state index contributed by atoms with van der Waals surface area (Å²) in [6, 6.07) is 4.62. The van der Waals surface area contributed by atoms with Crippen LogP contribution in [0.5, 0.6) is 0 Å². The summed E-state index contributed by atoms with van der Waals surface area (Å²) in [5, 5.41) is 6.00. The molecule has 0 atom stereocenters. The fourth-order valence-electron chi connectivity index (χ4n) is 1.39. The molecule has 0 saturated carbocycles. The number of hydrogen-bond donors (Lipinski definition) is 3. The number of halogens is 1. The van der Waals surface area contributed by atoms with Gasteiger partial charge in [-0.1, -0.05) is 18.5 Å². The third-order valence-corrected chi connectivity index (χ3v) is 2.62. The second-order valence-corrected chi connectivity index (χ2v) is 4.12. The quantitative estimate of drug-likeness (QED) is 0.682. The van der Waals surface area contributed by atoms with E-state index in [1.54, 1.807) is 6.07 Å². The number of nitrogens with one attached hydrogen (secondary N) is 2. The van der Waals surface area contributed by atoms with Crippen LogP contribution in [-0.4, -0.2) is 24.9 Å². The maximum Gasteiger partial charge on any atom is 0.250 e. The number of nitrogens with two attached hydrogens (primary N) is 1. The maximum atomic E-state index is 11.6. The Hall–Kier alpha value is -1.59. The lowest BCUT2D eigenvalue weighted by Crippen LogP contribution is -2.21. The predicted molar refractivity (Wildman–Crippen MR) is 71.8 cm³/mol. The predicted octanol–water partition coefficient (Wildman–Crippen LogP) is 1.38. The minimum absolute atomic E-state index is 0.131. The zero-order valence-corrected chi connectivity index (χ0v) is 10.9. The molecule has 1 aromatic carbocycles. The Balaban J connectivity index is 2.65. The lowest BCUT2D eigenvalue weighted by molar-refractivity contribution is -0.116. The molecule has 6 heteroatoms. The first kappa shape index (κ1) is 14.5. The van der Waals surface area contributed by atoms with E-state index in [2.05, 4.69) is 10.6 Å². The lowest BCUT2D eigenvalue weighted by atomic mass is 10.2. The van der Waals surface area contributed by atoms with E-state index in [1.165, 1.54) is 12.1 Å². The van der Waals surface area contributed by atoms with Crippen LogP contribution in [0.25, 0.3) is 0 Å². The Morgan fingerprint density at radius 3 is 2.72 bits per heavy atom. The second-order valence-electron chi connectivity index (χ2n) is 3.71. The van der Waals surface area contributed by atoms with Crippen molar-refractivity contribution in [3.8, 4) is 0 Å². The van der Waals surface area contributed by atoms with Crippen LogP contribution in [-0.2, 0) is 4.79 Å². The summed E-state index contributed by atoms with van der Waals surface area (Å²) in [6.45, 7) is 3.40. The fourth-order valence-corrected chi connectivity index (χ4v) is 1.60. The van der Waals surface area contributed by atoms with Crippen molar-refractivity contribution in [2.75, 3.05) is 18.4 Å². The molecule has 18 heavy (non-hydrogen) atoms. The van der Waals surface area contributed by atoms with Gasteiger partial charge in [0.15, 0.2) is 0 Å². The van der Waals surface area contributed by atoms with Gasteiger partial charge in [0, 0.05) is 18.7 Å². The number of carbonyl (C=O) groups is 2. The van der Waals surface area contributed by atoms with Crippen LogP contribution in [0.4, 0.5) is 5.69 Å². The highest BCUT2D eigenvalue weighted by Crippen LogP contribution is 2.20. The van der Waals surface area contributed by atoms with Crippen LogP contribution in [0, 0.1) is 0 Å². The number of amides is 2. The van der Waals surface area contributed by atoms with Crippen LogP contribution in [0.15, 0.2) is 18.2 Å². The molecule has 1 rings (SSSR count). The van der Waals surface area contributed by atoms with E-state index in [0.717, 1.165) is 6.54 Å². The minimum atomic E-state index is -0.622. The van der Waals surface area contributed by atoms with E-state index in [0.29, 0.717) is 18.7 Å². The Morgan fingerprint density at radius 2 is 2.11 bits per heavy atom. The van der Waals surface area contributed by atoms with Gasteiger partial charge in [-0.15, -0.1) is 0 Å². The zero-order chi connectivity index (χ0) is 13.5. The van der Waals surface area contributed by atoms with Crippen LogP contribution < -0.4 is 16.4 Å². The highest BCUT2D eigenvalue weighted by Gasteiger charge is 2.09. The monoisotopic (exact) mass is 269 g/mol. The molecule has 0 bridgehead atoms. The number of rotatable bonds is 6. The first-order chi connectivity index (χ1) is 8.54. The molecular weight excluding hydrogens is 254 g/mol. The molecule has 1 aromatic rings. The van der Waals surface area contributed by atoms with E-state index in [4.69, 9.17) is 17.3 Å². The molecule has 0 aliphatic carbocycles. The third-order valence-electron chi connectivity index (χ3n) is 2.29. The number of primary amides is 1. The van der Waals surface area contributed by atoms with Gasteiger partial charge in [0.05, 0.1) is 10.6 Å². The molecule has 4 N–H and O–H groups in total. The summed E-state index contributed by atoms with van der Waals surface area (Å²) in [7, 11) is 0. The molecule has 0 spiro atoms. The smallest absolute Gasteiger partial charge is 0.250 e. The summed E-state index contributed by atoms with van der Waals surface area (Å²) in [6.07, 6.45) is 0.363. The van der Waals surface area contributed by atoms with Gasteiger partial charge in [-0.25, -0.2) is 0 Å². The molecule has 0 saturated heterocycles. The third kappa shape index (κ3) is 4.35. The molecule has 0 aliphatic heterocycles. The van der Waals surface area contributed by atoms with Crippen molar-refractivity contribution in [2.24, 2.45) is 5.73 Å². The highest BCUT2D eigenvalue weighted by molar-refractivity contribution is 6.33. The maximum absolute atomic E-state index is 11.6. The topological polar surface area (TPSA) is 84.2 Å². The summed E-state index contributed by atoms with van der Waals surface area (Å²) in [4.78, 5) is 22.6. The van der Waals surface area contributed by atoms with Gasteiger partial charge >= 0.3 is 0 Å². The average molecular weight is 270 g/mol. The van der Waals surface area contributed by atoms with E-state index in [1.807, 2.05) is 6.92 Å². The molecule has 0 aromatic heterocycles. The Kier molecular flexibility index (Phi) is 5.61. The van der Waals surface area contributed by atoms with Crippen molar-refractivity contribution in [3.05, 3.63) is 28.8 Å². The average Bonchev–Trinajstić information content (AvgIpc) is 2.31. The summed E-state index contributed by atoms with van der Waals surface area (Å²) in [5.41, 5.74) is 5.87. The molecular formula is C12H16ClN3O2. The van der Waals surface area contributed by atoms with Crippen LogP contribution in [0.2, 0.25) is 5.02 Å². The van der Waals surface area contributed by atoms with Gasteiger partial charge in [0.2, 0.25) is 11.8 Å². The molecule has 2 amide bonds. The van der Waals surface area contributed by atoms with Gasteiger partial charge in [-0.05, 0) is 24.7 Å². The molecule has 98 valence electrons. The van der Waals surface area contributed by atoms with Crippen molar-refractivity contribution in [3.63, 3.8) is 0 Å². The van der Waals surface area contributed by atoms with Crippen molar-refractivity contribution in [1.29, 1.82) is 0 Å². The second kappa shape index (κ2) is 6.98. The van der Waals surface area contributed by atoms with E-state index >= 15 is 0 Å². The normalized spacial score (nSPS) is 10.1. The number of benzene rings is 1. The van der Waals surface area contributed by atoms with E-state index in [9.17, 15) is 9.59 Å². The van der Waals surface area contributed by atoms with Gasteiger partial charge in [0.25, 0.3) is 0 Å². The first-order valence-electron chi connectivity index (χ1n) is 5.64. The minimum Gasteiger partial charge on any atom is -0.366 e. The Labute approximate surface area is 111 Å². The van der Waals surface area contributed by atoms with Crippen molar-refractivity contribution in [2.45, 2.75) is 13.3 Å². The molecule has 0 radical (unpaired) electrons. The largest absolute Gasteiger partial charge is 0.366 e. The van der Waals surface area contributed by atoms with Crippen LogP contribution >= 0.6 is 11.6 Å². The molecule has 0 aliphatic rings. The lowest BCUT2D eigenvalue weighted by Gasteiger charge is -2.07. The van der Waals surface area contributed by atoms with Crippen LogP contribution in [0.1, 0.15) is 23.7 Å². The van der Waals surface area contributed by atoms with Gasteiger partial charge in [-0.3, -0.25) is 9.59 Å². The van der Waals surface area contributed by atoms with Crippen molar-refractivity contribution >= 4 is 29.1 Å². The van der Waals surface area contributed by atoms with Crippen LogP contribution in [0.3, 0.4) is 0 Å². The molecule has 0 heterocycles.